The lowest BCUT2D eigenvalue weighted by atomic mass is 9.65. The molecule has 0 spiro atoms. The van der Waals surface area contributed by atoms with Crippen molar-refractivity contribution >= 4 is 11.6 Å². The minimum Gasteiger partial charge on any atom is -0.495 e. The van der Waals surface area contributed by atoms with Crippen molar-refractivity contribution in [3.05, 3.63) is 22.7 Å². The van der Waals surface area contributed by atoms with Crippen LogP contribution in [0.4, 0.5) is 0 Å². The maximum Gasteiger partial charge on any atom is 0.146 e. The summed E-state index contributed by atoms with van der Waals surface area (Å²) in [7, 11) is 3.23. The molecule has 1 aliphatic rings. The Morgan fingerprint density at radius 3 is 2.52 bits per heavy atom. The normalized spacial score (nSPS) is 22.7. The van der Waals surface area contributed by atoms with Crippen LogP contribution in [0.5, 0.6) is 11.5 Å². The molecule has 4 heteroatoms. The molecule has 21 heavy (non-hydrogen) atoms. The number of benzene rings is 1. The van der Waals surface area contributed by atoms with E-state index in [4.69, 9.17) is 26.8 Å². The van der Waals surface area contributed by atoms with E-state index in [0.717, 1.165) is 12.0 Å². The van der Waals surface area contributed by atoms with E-state index in [2.05, 4.69) is 13.8 Å². The molecule has 0 radical (unpaired) electrons. The van der Waals surface area contributed by atoms with Crippen molar-refractivity contribution < 1.29 is 9.47 Å². The molecule has 2 atom stereocenters. The molecule has 3 nitrogen and oxygen atoms in total. The first-order valence-corrected chi connectivity index (χ1v) is 7.96. The molecule has 1 aromatic carbocycles. The molecule has 2 N–H and O–H groups in total. The zero-order valence-electron chi connectivity index (χ0n) is 13.4. The lowest BCUT2D eigenvalue weighted by Gasteiger charge is -2.42. The van der Waals surface area contributed by atoms with Gasteiger partial charge in [0.05, 0.1) is 14.2 Å². The summed E-state index contributed by atoms with van der Waals surface area (Å²) < 4.78 is 10.8. The SMILES string of the molecule is COc1ccc(C(N)C2CCCCC2(C)C)c(OC)c1Cl. The molecule has 0 aliphatic heterocycles. The maximum atomic E-state index is 6.60. The Hall–Kier alpha value is -0.930. The number of methoxy groups -OCH3 is 2. The second-order valence-corrected chi connectivity index (χ2v) is 6.95. The van der Waals surface area contributed by atoms with Crippen molar-refractivity contribution in [1.82, 2.24) is 0 Å². The summed E-state index contributed by atoms with van der Waals surface area (Å²) >= 11 is 6.36. The molecule has 2 rings (SSSR count). The quantitative estimate of drug-likeness (QED) is 0.885. The van der Waals surface area contributed by atoms with Crippen LogP contribution in [0.1, 0.15) is 51.1 Å². The van der Waals surface area contributed by atoms with Gasteiger partial charge in [0.2, 0.25) is 0 Å². The van der Waals surface area contributed by atoms with Gasteiger partial charge in [-0.3, -0.25) is 0 Å². The number of ether oxygens (including phenoxy) is 2. The van der Waals surface area contributed by atoms with Crippen LogP contribution in [0.3, 0.4) is 0 Å². The van der Waals surface area contributed by atoms with Gasteiger partial charge in [0.15, 0.2) is 0 Å². The van der Waals surface area contributed by atoms with Crippen molar-refractivity contribution in [2.45, 2.75) is 45.6 Å². The highest BCUT2D eigenvalue weighted by atomic mass is 35.5. The molecular weight excluding hydrogens is 286 g/mol. The Morgan fingerprint density at radius 1 is 1.24 bits per heavy atom. The van der Waals surface area contributed by atoms with E-state index in [1.165, 1.54) is 19.3 Å². The molecular formula is C17H26ClNO2. The number of nitrogens with two attached hydrogens (primary N) is 1. The minimum atomic E-state index is -0.0707. The van der Waals surface area contributed by atoms with E-state index in [1.807, 2.05) is 12.1 Å². The Morgan fingerprint density at radius 2 is 1.95 bits per heavy atom. The largest absolute Gasteiger partial charge is 0.495 e. The summed E-state index contributed by atoms with van der Waals surface area (Å²) in [5.41, 5.74) is 7.82. The summed E-state index contributed by atoms with van der Waals surface area (Å²) in [4.78, 5) is 0. The molecule has 0 saturated heterocycles. The maximum absolute atomic E-state index is 6.60. The Bertz CT molecular complexity index is 502. The minimum absolute atomic E-state index is 0.0707. The van der Waals surface area contributed by atoms with Crippen LogP contribution < -0.4 is 15.2 Å². The van der Waals surface area contributed by atoms with Crippen LogP contribution in [0.2, 0.25) is 5.02 Å². The Labute approximate surface area is 132 Å². The Balaban J connectivity index is 2.38. The van der Waals surface area contributed by atoms with Gasteiger partial charge in [-0.2, -0.15) is 0 Å². The summed E-state index contributed by atoms with van der Waals surface area (Å²) in [6.07, 6.45) is 4.91. The van der Waals surface area contributed by atoms with Gasteiger partial charge >= 0.3 is 0 Å². The van der Waals surface area contributed by atoms with Gasteiger partial charge in [0, 0.05) is 11.6 Å². The average Bonchev–Trinajstić information content (AvgIpc) is 2.45. The van der Waals surface area contributed by atoms with Crippen molar-refractivity contribution in [3.63, 3.8) is 0 Å². The predicted molar refractivity (Wildman–Crippen MR) is 87.2 cm³/mol. The van der Waals surface area contributed by atoms with Crippen LogP contribution in [0, 0.1) is 11.3 Å². The van der Waals surface area contributed by atoms with Gasteiger partial charge < -0.3 is 15.2 Å². The van der Waals surface area contributed by atoms with E-state index >= 15 is 0 Å². The summed E-state index contributed by atoms with van der Waals surface area (Å²) in [6, 6.07) is 3.79. The van der Waals surface area contributed by atoms with Crippen molar-refractivity contribution in [2.24, 2.45) is 17.1 Å². The summed E-state index contributed by atoms with van der Waals surface area (Å²) in [5, 5.41) is 0.501. The van der Waals surface area contributed by atoms with E-state index in [1.54, 1.807) is 14.2 Å². The summed E-state index contributed by atoms with van der Waals surface area (Å²) in [6.45, 7) is 4.63. The van der Waals surface area contributed by atoms with Gasteiger partial charge in [-0.15, -0.1) is 0 Å². The fourth-order valence-electron chi connectivity index (χ4n) is 3.58. The highest BCUT2D eigenvalue weighted by Crippen LogP contribution is 2.49. The molecule has 1 aliphatic carbocycles. The molecule has 0 aromatic heterocycles. The third kappa shape index (κ3) is 3.14. The highest BCUT2D eigenvalue weighted by molar-refractivity contribution is 6.33. The van der Waals surface area contributed by atoms with E-state index in [0.29, 0.717) is 22.4 Å². The van der Waals surface area contributed by atoms with Gasteiger partial charge in [0.25, 0.3) is 0 Å². The molecule has 118 valence electrons. The molecule has 1 aromatic rings. The summed E-state index contributed by atoms with van der Waals surface area (Å²) in [5.74, 6) is 1.70. The van der Waals surface area contributed by atoms with E-state index in [9.17, 15) is 0 Å². The van der Waals surface area contributed by atoms with Crippen LogP contribution in [-0.4, -0.2) is 14.2 Å². The third-order valence-corrected chi connectivity index (χ3v) is 5.26. The lowest BCUT2D eigenvalue weighted by Crippen LogP contribution is -2.36. The number of rotatable bonds is 4. The number of hydrogen-bond acceptors (Lipinski definition) is 3. The number of hydrogen-bond donors (Lipinski definition) is 1. The first kappa shape index (κ1) is 16.4. The van der Waals surface area contributed by atoms with Crippen LogP contribution in [0.15, 0.2) is 12.1 Å². The standard InChI is InChI=1S/C17H26ClNO2/c1-17(2)10-6-5-7-12(17)15(19)11-8-9-13(20-3)14(18)16(11)21-4/h8-9,12,15H,5-7,10,19H2,1-4H3. The van der Waals surface area contributed by atoms with E-state index < -0.39 is 0 Å². The van der Waals surface area contributed by atoms with Gasteiger partial charge in [-0.1, -0.05) is 38.3 Å². The second-order valence-electron chi connectivity index (χ2n) is 6.57. The first-order valence-electron chi connectivity index (χ1n) is 7.58. The smallest absolute Gasteiger partial charge is 0.146 e. The molecule has 1 saturated carbocycles. The van der Waals surface area contributed by atoms with Crippen LogP contribution >= 0.6 is 11.6 Å². The van der Waals surface area contributed by atoms with Crippen molar-refractivity contribution in [2.75, 3.05) is 14.2 Å². The third-order valence-electron chi connectivity index (χ3n) is 4.90. The Kier molecular flexibility index (Phi) is 5.05. The van der Waals surface area contributed by atoms with Gasteiger partial charge in [-0.25, -0.2) is 0 Å². The van der Waals surface area contributed by atoms with Crippen molar-refractivity contribution in [3.8, 4) is 11.5 Å². The first-order chi connectivity index (χ1) is 9.92. The second kappa shape index (κ2) is 6.45. The fourth-order valence-corrected chi connectivity index (χ4v) is 3.91. The molecule has 0 bridgehead atoms. The van der Waals surface area contributed by atoms with Gasteiger partial charge in [-0.05, 0) is 36.3 Å². The molecule has 2 unspecified atom stereocenters. The number of halogens is 1. The molecule has 0 heterocycles. The predicted octanol–water partition coefficient (Wildman–Crippen LogP) is 4.57. The van der Waals surface area contributed by atoms with Crippen molar-refractivity contribution in [1.29, 1.82) is 0 Å². The zero-order chi connectivity index (χ0) is 15.6. The fraction of sp³-hybridized carbons (Fsp3) is 0.647. The molecule has 0 amide bonds. The highest BCUT2D eigenvalue weighted by Gasteiger charge is 2.37. The average molecular weight is 312 g/mol. The van der Waals surface area contributed by atoms with Gasteiger partial charge in [0.1, 0.15) is 16.5 Å². The monoisotopic (exact) mass is 311 g/mol. The van der Waals surface area contributed by atoms with Crippen LogP contribution in [0.25, 0.3) is 0 Å². The lowest BCUT2D eigenvalue weighted by molar-refractivity contribution is 0.111. The van der Waals surface area contributed by atoms with Crippen LogP contribution in [-0.2, 0) is 0 Å². The zero-order valence-corrected chi connectivity index (χ0v) is 14.2. The van der Waals surface area contributed by atoms with E-state index in [-0.39, 0.29) is 11.5 Å². The molecule has 1 fully saturated rings. The topological polar surface area (TPSA) is 44.5 Å².